The summed E-state index contributed by atoms with van der Waals surface area (Å²) in [7, 11) is -2.28. The van der Waals surface area contributed by atoms with Crippen molar-refractivity contribution in [3.63, 3.8) is 0 Å². The molecule has 10 heteroatoms. The van der Waals surface area contributed by atoms with Crippen molar-refractivity contribution in [3.05, 3.63) is 100 Å². The van der Waals surface area contributed by atoms with Crippen LogP contribution < -0.4 is 4.74 Å². The number of carbonyl (C=O) groups is 1. The monoisotopic (exact) mass is 567 g/mol. The molecule has 0 unspecified atom stereocenters. The van der Waals surface area contributed by atoms with Gasteiger partial charge in [0.15, 0.2) is 9.84 Å². The van der Waals surface area contributed by atoms with Gasteiger partial charge >= 0.3 is 0 Å². The topological polar surface area (TPSA) is 79.8 Å². The van der Waals surface area contributed by atoms with Gasteiger partial charge < -0.3 is 9.64 Å². The normalized spacial score (nSPS) is 14.5. The lowest BCUT2D eigenvalue weighted by atomic mass is 10.1. The van der Waals surface area contributed by atoms with E-state index in [2.05, 4.69) is 9.88 Å². The van der Waals surface area contributed by atoms with Crippen LogP contribution >= 0.6 is 11.6 Å². The molecule has 0 N–H and O–H groups in total. The van der Waals surface area contributed by atoms with E-state index in [1.54, 1.807) is 59.6 Å². The van der Waals surface area contributed by atoms with E-state index in [9.17, 15) is 17.6 Å². The number of aromatic nitrogens is 1. The van der Waals surface area contributed by atoms with Crippen molar-refractivity contribution in [2.24, 2.45) is 0 Å². The number of benzene rings is 3. The van der Waals surface area contributed by atoms with E-state index in [1.165, 1.54) is 13.2 Å². The third-order valence-corrected chi connectivity index (χ3v) is 8.84. The largest absolute Gasteiger partial charge is 0.496 e. The Bertz CT molecular complexity index is 1630. The number of ether oxygens (including phenoxy) is 1. The van der Waals surface area contributed by atoms with E-state index in [1.807, 2.05) is 12.1 Å². The molecule has 1 amide bonds. The van der Waals surface area contributed by atoms with Gasteiger partial charge in [-0.1, -0.05) is 41.9 Å². The Labute approximate surface area is 231 Å². The first kappa shape index (κ1) is 27.1. The van der Waals surface area contributed by atoms with Crippen molar-refractivity contribution in [2.45, 2.75) is 17.2 Å². The molecule has 0 bridgehead atoms. The summed E-state index contributed by atoms with van der Waals surface area (Å²) >= 11 is 5.90. The number of fused-ring (bicyclic) bond motifs is 1. The average Bonchev–Trinajstić information content (AvgIpc) is 2.95. The number of rotatable bonds is 7. The van der Waals surface area contributed by atoms with Crippen molar-refractivity contribution < 1.29 is 22.3 Å². The van der Waals surface area contributed by atoms with Gasteiger partial charge in [0.25, 0.3) is 5.91 Å². The fraction of sp³-hybridized carbons (Fsp3) is 0.241. The van der Waals surface area contributed by atoms with Gasteiger partial charge in [0.2, 0.25) is 0 Å². The average molecular weight is 568 g/mol. The second kappa shape index (κ2) is 11.3. The minimum atomic E-state index is -3.74. The van der Waals surface area contributed by atoms with E-state index in [4.69, 9.17) is 16.3 Å². The van der Waals surface area contributed by atoms with Crippen molar-refractivity contribution in [1.82, 2.24) is 14.8 Å². The van der Waals surface area contributed by atoms with Crippen LogP contribution in [-0.2, 0) is 22.1 Å². The Balaban J connectivity index is 1.27. The molecule has 202 valence electrons. The number of methoxy groups -OCH3 is 1. The Morgan fingerprint density at radius 1 is 1.03 bits per heavy atom. The molecule has 2 heterocycles. The highest BCUT2D eigenvalue weighted by atomic mass is 35.5. The van der Waals surface area contributed by atoms with Gasteiger partial charge in [-0.25, -0.2) is 12.8 Å². The summed E-state index contributed by atoms with van der Waals surface area (Å²) in [6.07, 6.45) is 1.57. The summed E-state index contributed by atoms with van der Waals surface area (Å²) in [6, 6.07) is 18.2. The second-order valence-corrected chi connectivity index (χ2v) is 11.8. The minimum Gasteiger partial charge on any atom is -0.496 e. The van der Waals surface area contributed by atoms with Crippen LogP contribution in [-0.4, -0.2) is 62.4 Å². The predicted molar refractivity (Wildman–Crippen MR) is 148 cm³/mol. The fourth-order valence-electron chi connectivity index (χ4n) is 4.79. The molecule has 0 atom stereocenters. The number of carbonyl (C=O) groups excluding carboxylic acids is 1. The standard InChI is InChI=1S/C29H27ClFN3O4S/c1-38-26-17-22(29(35)34-14-12-33(13-15-34)18-20-7-10-25(31)24(30)16-20)8-9-23(26)19-39(36,37)27-6-2-4-21-5-3-11-32-28(21)27/h2-11,16-17H,12-15,18-19H2,1H3. The van der Waals surface area contributed by atoms with Crippen LogP contribution in [0.15, 0.2) is 77.8 Å². The zero-order valence-electron chi connectivity index (χ0n) is 21.3. The quantitative estimate of drug-likeness (QED) is 0.314. The van der Waals surface area contributed by atoms with Crippen LogP contribution in [0.4, 0.5) is 4.39 Å². The van der Waals surface area contributed by atoms with Gasteiger partial charge in [-0.05, 0) is 42.0 Å². The summed E-state index contributed by atoms with van der Waals surface area (Å²) in [6.45, 7) is 2.99. The number of halogens is 2. The molecule has 0 saturated carbocycles. The number of sulfone groups is 1. The van der Waals surface area contributed by atoms with E-state index < -0.39 is 15.7 Å². The van der Waals surface area contributed by atoms with E-state index >= 15 is 0 Å². The summed E-state index contributed by atoms with van der Waals surface area (Å²) in [5.41, 5.74) is 2.23. The van der Waals surface area contributed by atoms with E-state index in [-0.39, 0.29) is 21.6 Å². The fourth-order valence-corrected chi connectivity index (χ4v) is 6.55. The summed E-state index contributed by atoms with van der Waals surface area (Å²) in [5.74, 6) is -0.540. The smallest absolute Gasteiger partial charge is 0.254 e. The van der Waals surface area contributed by atoms with E-state index in [0.29, 0.717) is 55.1 Å². The first-order valence-electron chi connectivity index (χ1n) is 12.4. The highest BCUT2D eigenvalue weighted by Gasteiger charge is 2.25. The summed E-state index contributed by atoms with van der Waals surface area (Å²) in [5, 5.41) is 0.841. The summed E-state index contributed by atoms with van der Waals surface area (Å²) in [4.78, 5) is 21.6. The number of amides is 1. The highest BCUT2D eigenvalue weighted by Crippen LogP contribution is 2.29. The molecule has 0 radical (unpaired) electrons. The zero-order chi connectivity index (χ0) is 27.6. The molecular weight excluding hydrogens is 541 g/mol. The molecule has 0 aliphatic carbocycles. The molecule has 1 aliphatic heterocycles. The van der Waals surface area contributed by atoms with Crippen LogP contribution in [0.2, 0.25) is 5.02 Å². The van der Waals surface area contributed by atoms with Crippen molar-refractivity contribution in [1.29, 1.82) is 0 Å². The molecule has 1 aromatic heterocycles. The Morgan fingerprint density at radius 2 is 1.79 bits per heavy atom. The lowest BCUT2D eigenvalue weighted by Gasteiger charge is -2.35. The maximum Gasteiger partial charge on any atom is 0.254 e. The number of piperazine rings is 1. The van der Waals surface area contributed by atoms with Crippen LogP contribution in [0.25, 0.3) is 10.9 Å². The number of para-hydroxylation sites is 1. The molecule has 0 spiro atoms. The van der Waals surface area contributed by atoms with Gasteiger partial charge in [-0.2, -0.15) is 0 Å². The Hall–Kier alpha value is -3.53. The Kier molecular flexibility index (Phi) is 7.83. The Morgan fingerprint density at radius 3 is 2.54 bits per heavy atom. The first-order valence-corrected chi connectivity index (χ1v) is 14.5. The lowest BCUT2D eigenvalue weighted by molar-refractivity contribution is 0.0628. The van der Waals surface area contributed by atoms with Crippen molar-refractivity contribution in [3.8, 4) is 5.75 Å². The molecular formula is C29H27ClFN3O4S. The van der Waals surface area contributed by atoms with Crippen LogP contribution in [0.5, 0.6) is 5.75 Å². The van der Waals surface area contributed by atoms with Gasteiger partial charge in [0, 0.05) is 55.4 Å². The number of pyridine rings is 1. The molecule has 4 aromatic rings. The van der Waals surface area contributed by atoms with Crippen molar-refractivity contribution >= 4 is 38.2 Å². The molecule has 3 aromatic carbocycles. The molecule has 1 saturated heterocycles. The van der Waals surface area contributed by atoms with Gasteiger partial charge in [0.1, 0.15) is 11.6 Å². The third-order valence-electron chi connectivity index (χ3n) is 6.86. The minimum absolute atomic E-state index is 0.0975. The number of hydrogen-bond donors (Lipinski definition) is 0. The molecule has 5 rings (SSSR count). The third kappa shape index (κ3) is 5.90. The predicted octanol–water partition coefficient (Wildman–Crippen LogP) is 4.97. The molecule has 1 fully saturated rings. The first-order chi connectivity index (χ1) is 18.7. The summed E-state index contributed by atoms with van der Waals surface area (Å²) < 4.78 is 45.6. The maximum atomic E-state index is 13.4. The highest BCUT2D eigenvalue weighted by molar-refractivity contribution is 7.90. The van der Waals surface area contributed by atoms with Crippen LogP contribution in [0.1, 0.15) is 21.5 Å². The molecule has 1 aliphatic rings. The molecule has 7 nitrogen and oxygen atoms in total. The molecule has 39 heavy (non-hydrogen) atoms. The maximum absolute atomic E-state index is 13.4. The lowest BCUT2D eigenvalue weighted by Crippen LogP contribution is -2.48. The number of nitrogens with zero attached hydrogens (tertiary/aromatic N) is 3. The van der Waals surface area contributed by atoms with Gasteiger partial charge in [-0.15, -0.1) is 0 Å². The van der Waals surface area contributed by atoms with Gasteiger partial charge in [0.05, 0.1) is 28.3 Å². The van der Waals surface area contributed by atoms with E-state index in [0.717, 1.165) is 10.9 Å². The van der Waals surface area contributed by atoms with Crippen LogP contribution in [0, 0.1) is 5.82 Å². The van der Waals surface area contributed by atoms with Gasteiger partial charge in [-0.3, -0.25) is 14.7 Å². The number of hydrogen-bond acceptors (Lipinski definition) is 6. The zero-order valence-corrected chi connectivity index (χ0v) is 22.9. The van der Waals surface area contributed by atoms with Crippen molar-refractivity contribution in [2.75, 3.05) is 33.3 Å². The second-order valence-electron chi connectivity index (χ2n) is 9.43. The van der Waals surface area contributed by atoms with Crippen LogP contribution in [0.3, 0.4) is 0 Å². The SMILES string of the molecule is COc1cc(C(=O)N2CCN(Cc3ccc(F)c(Cl)c3)CC2)ccc1CS(=O)(=O)c1cccc2cccnc12.